The standard InChI is InChI=1S/C12H13BrClNO2/c13-9-2-1-8(10(14)6-9)5-11(16)12(15)3-4-17-7-12/h1-2,6H,3-5,7,15H2. The summed E-state index contributed by atoms with van der Waals surface area (Å²) in [6, 6.07) is 5.48. The van der Waals surface area contributed by atoms with E-state index in [1.165, 1.54) is 0 Å². The second-order valence-corrected chi connectivity index (χ2v) is 5.62. The summed E-state index contributed by atoms with van der Waals surface area (Å²) >= 11 is 9.40. The molecule has 1 aliphatic heterocycles. The van der Waals surface area contributed by atoms with Crippen molar-refractivity contribution in [1.82, 2.24) is 0 Å². The van der Waals surface area contributed by atoms with Gasteiger partial charge in [0.05, 0.1) is 6.61 Å². The van der Waals surface area contributed by atoms with Gasteiger partial charge in [-0.3, -0.25) is 4.79 Å². The molecule has 17 heavy (non-hydrogen) atoms. The molecule has 0 aromatic heterocycles. The Balaban J connectivity index is 2.13. The van der Waals surface area contributed by atoms with E-state index in [4.69, 9.17) is 22.1 Å². The topological polar surface area (TPSA) is 52.3 Å². The fourth-order valence-corrected chi connectivity index (χ4v) is 2.55. The minimum absolute atomic E-state index is 0.0146. The lowest BCUT2D eigenvalue weighted by molar-refractivity contribution is -0.123. The normalized spacial score (nSPS) is 23.9. The maximum absolute atomic E-state index is 12.1. The molecule has 1 aromatic carbocycles. The van der Waals surface area contributed by atoms with E-state index in [0.717, 1.165) is 10.0 Å². The first-order valence-electron chi connectivity index (χ1n) is 5.35. The Morgan fingerprint density at radius 1 is 1.59 bits per heavy atom. The number of ether oxygens (including phenoxy) is 1. The van der Waals surface area contributed by atoms with Crippen LogP contribution in [0.3, 0.4) is 0 Å². The molecule has 1 saturated heterocycles. The number of carbonyl (C=O) groups is 1. The molecule has 0 bridgehead atoms. The molecule has 3 nitrogen and oxygen atoms in total. The minimum Gasteiger partial charge on any atom is -0.379 e. The molecule has 92 valence electrons. The molecule has 2 rings (SSSR count). The van der Waals surface area contributed by atoms with Crippen molar-refractivity contribution < 1.29 is 9.53 Å². The van der Waals surface area contributed by atoms with Crippen molar-refractivity contribution >= 4 is 33.3 Å². The van der Waals surface area contributed by atoms with Gasteiger partial charge in [-0.15, -0.1) is 0 Å². The minimum atomic E-state index is -0.837. The van der Waals surface area contributed by atoms with Crippen LogP contribution in [-0.4, -0.2) is 24.5 Å². The Morgan fingerprint density at radius 2 is 2.35 bits per heavy atom. The molecule has 1 fully saturated rings. The lowest BCUT2D eigenvalue weighted by Crippen LogP contribution is -2.49. The van der Waals surface area contributed by atoms with Crippen molar-refractivity contribution in [1.29, 1.82) is 0 Å². The van der Waals surface area contributed by atoms with Crippen molar-refractivity contribution in [3.8, 4) is 0 Å². The zero-order chi connectivity index (χ0) is 12.5. The van der Waals surface area contributed by atoms with Crippen molar-refractivity contribution in [2.45, 2.75) is 18.4 Å². The molecule has 1 atom stereocenters. The number of ketones is 1. The van der Waals surface area contributed by atoms with E-state index in [1.54, 1.807) is 6.07 Å². The molecule has 0 aliphatic carbocycles. The number of carbonyl (C=O) groups excluding carboxylic acids is 1. The second-order valence-electron chi connectivity index (χ2n) is 4.29. The van der Waals surface area contributed by atoms with Crippen LogP contribution in [-0.2, 0) is 16.0 Å². The molecule has 1 aliphatic rings. The van der Waals surface area contributed by atoms with E-state index >= 15 is 0 Å². The number of Topliss-reactive ketones (excluding diaryl/α,β-unsaturated/α-hetero) is 1. The van der Waals surface area contributed by atoms with Gasteiger partial charge in [0.25, 0.3) is 0 Å². The molecule has 1 unspecified atom stereocenters. The maximum Gasteiger partial charge on any atom is 0.159 e. The van der Waals surface area contributed by atoms with Crippen LogP contribution < -0.4 is 5.73 Å². The van der Waals surface area contributed by atoms with Crippen LogP contribution >= 0.6 is 27.5 Å². The Bertz CT molecular complexity index is 444. The van der Waals surface area contributed by atoms with Crippen LogP contribution in [0.15, 0.2) is 22.7 Å². The number of hydrogen-bond acceptors (Lipinski definition) is 3. The average molecular weight is 319 g/mol. The van der Waals surface area contributed by atoms with Gasteiger partial charge in [-0.2, -0.15) is 0 Å². The third-order valence-corrected chi connectivity index (χ3v) is 3.82. The summed E-state index contributed by atoms with van der Waals surface area (Å²) in [5, 5.41) is 0.579. The lowest BCUT2D eigenvalue weighted by Gasteiger charge is -2.20. The lowest BCUT2D eigenvalue weighted by atomic mass is 9.90. The summed E-state index contributed by atoms with van der Waals surface area (Å²) in [6.45, 7) is 0.857. The van der Waals surface area contributed by atoms with Gasteiger partial charge < -0.3 is 10.5 Å². The molecular formula is C12H13BrClNO2. The third kappa shape index (κ3) is 2.88. The average Bonchev–Trinajstić information content (AvgIpc) is 2.71. The Hall–Kier alpha value is -0.420. The number of rotatable bonds is 3. The van der Waals surface area contributed by atoms with E-state index in [-0.39, 0.29) is 12.2 Å². The van der Waals surface area contributed by atoms with Crippen LogP contribution in [0.25, 0.3) is 0 Å². The zero-order valence-electron chi connectivity index (χ0n) is 9.21. The molecule has 0 spiro atoms. The van der Waals surface area contributed by atoms with Gasteiger partial charge >= 0.3 is 0 Å². The SMILES string of the molecule is NC1(C(=O)Cc2ccc(Br)cc2Cl)CCOC1. The first kappa shape index (κ1) is 13.0. The van der Waals surface area contributed by atoms with Crippen LogP contribution in [0, 0.1) is 0 Å². The van der Waals surface area contributed by atoms with Crippen molar-refractivity contribution in [2.24, 2.45) is 5.73 Å². The monoisotopic (exact) mass is 317 g/mol. The molecule has 0 amide bonds. The van der Waals surface area contributed by atoms with E-state index in [1.807, 2.05) is 12.1 Å². The largest absolute Gasteiger partial charge is 0.379 e. The van der Waals surface area contributed by atoms with Crippen LogP contribution in [0.2, 0.25) is 5.02 Å². The zero-order valence-corrected chi connectivity index (χ0v) is 11.6. The smallest absolute Gasteiger partial charge is 0.159 e. The molecule has 1 heterocycles. The number of nitrogens with two attached hydrogens (primary N) is 1. The van der Waals surface area contributed by atoms with E-state index in [9.17, 15) is 4.79 Å². The number of hydrogen-bond donors (Lipinski definition) is 1. The van der Waals surface area contributed by atoms with Crippen LogP contribution in [0.4, 0.5) is 0 Å². The molecule has 0 saturated carbocycles. The van der Waals surface area contributed by atoms with Gasteiger partial charge in [-0.05, 0) is 24.1 Å². The molecule has 5 heteroatoms. The van der Waals surface area contributed by atoms with Crippen LogP contribution in [0.5, 0.6) is 0 Å². The van der Waals surface area contributed by atoms with Gasteiger partial charge in [-0.1, -0.05) is 33.6 Å². The van der Waals surface area contributed by atoms with Gasteiger partial charge in [0.15, 0.2) is 5.78 Å². The summed E-state index contributed by atoms with van der Waals surface area (Å²) in [5.74, 6) is -0.0146. The fourth-order valence-electron chi connectivity index (χ4n) is 1.81. The summed E-state index contributed by atoms with van der Waals surface area (Å²) in [7, 11) is 0. The second kappa shape index (κ2) is 5.06. The Kier molecular flexibility index (Phi) is 3.88. The summed E-state index contributed by atoms with van der Waals surface area (Å²) in [5.41, 5.74) is 5.97. The highest BCUT2D eigenvalue weighted by atomic mass is 79.9. The highest BCUT2D eigenvalue weighted by Crippen LogP contribution is 2.24. The summed E-state index contributed by atoms with van der Waals surface area (Å²) in [4.78, 5) is 12.1. The predicted molar refractivity (Wildman–Crippen MR) is 70.2 cm³/mol. The molecular weight excluding hydrogens is 305 g/mol. The molecule has 2 N–H and O–H groups in total. The Morgan fingerprint density at radius 3 is 2.94 bits per heavy atom. The van der Waals surface area contributed by atoms with Crippen LogP contribution in [0.1, 0.15) is 12.0 Å². The number of halogens is 2. The molecule has 0 radical (unpaired) electrons. The quantitative estimate of drug-likeness (QED) is 0.930. The van der Waals surface area contributed by atoms with Gasteiger partial charge in [0.2, 0.25) is 0 Å². The van der Waals surface area contributed by atoms with Crippen molar-refractivity contribution in [3.05, 3.63) is 33.3 Å². The maximum atomic E-state index is 12.1. The fraction of sp³-hybridized carbons (Fsp3) is 0.417. The summed E-state index contributed by atoms with van der Waals surface area (Å²) in [6.07, 6.45) is 0.839. The molecule has 1 aromatic rings. The highest BCUT2D eigenvalue weighted by molar-refractivity contribution is 9.10. The Labute approximate surface area is 113 Å². The van der Waals surface area contributed by atoms with E-state index < -0.39 is 5.54 Å². The first-order valence-corrected chi connectivity index (χ1v) is 6.52. The van der Waals surface area contributed by atoms with Gasteiger partial charge in [0, 0.05) is 22.5 Å². The highest BCUT2D eigenvalue weighted by Gasteiger charge is 2.37. The van der Waals surface area contributed by atoms with Crippen molar-refractivity contribution in [2.75, 3.05) is 13.2 Å². The van der Waals surface area contributed by atoms with E-state index in [2.05, 4.69) is 15.9 Å². The summed E-state index contributed by atoms with van der Waals surface area (Å²) < 4.78 is 6.08. The predicted octanol–water partition coefficient (Wildman–Crippen LogP) is 2.33. The third-order valence-electron chi connectivity index (χ3n) is 2.97. The van der Waals surface area contributed by atoms with E-state index in [0.29, 0.717) is 24.7 Å². The van der Waals surface area contributed by atoms with Gasteiger partial charge in [-0.25, -0.2) is 0 Å². The van der Waals surface area contributed by atoms with Gasteiger partial charge in [0.1, 0.15) is 5.54 Å². The number of benzene rings is 1. The first-order chi connectivity index (χ1) is 8.01. The van der Waals surface area contributed by atoms with Crippen molar-refractivity contribution in [3.63, 3.8) is 0 Å².